The Bertz CT molecular complexity index is 272. The first kappa shape index (κ1) is 15.6. The summed E-state index contributed by atoms with van der Waals surface area (Å²) in [6, 6.07) is -0.248. The molecule has 17 heavy (non-hydrogen) atoms. The maximum Gasteiger partial charge on any atom is 0.314 e. The predicted molar refractivity (Wildman–Crippen MR) is 66.3 cm³/mol. The number of nitrogens with one attached hydrogen (secondary N) is 3. The van der Waals surface area contributed by atoms with E-state index in [0.717, 1.165) is 0 Å². The second-order valence-electron chi connectivity index (χ2n) is 3.24. The first-order valence-corrected chi connectivity index (χ1v) is 6.41. The zero-order chi connectivity index (χ0) is 12.9. The fourth-order valence-electron chi connectivity index (χ4n) is 0.982. The van der Waals surface area contributed by atoms with Crippen molar-refractivity contribution in [3.05, 3.63) is 12.7 Å². The van der Waals surface area contributed by atoms with Crippen molar-refractivity contribution >= 4 is 20.4 Å². The SMILES string of the molecule is C=CC(=O)NCCCNC(=O)NCCCP=O. The van der Waals surface area contributed by atoms with Crippen LogP contribution in [-0.4, -0.2) is 37.7 Å². The Labute approximate surface area is 102 Å². The number of carbonyl (C=O) groups excluding carboxylic acids is 2. The van der Waals surface area contributed by atoms with Gasteiger partial charge in [-0.15, -0.1) is 0 Å². The van der Waals surface area contributed by atoms with E-state index in [1.165, 1.54) is 6.08 Å². The van der Waals surface area contributed by atoms with Crippen LogP contribution >= 0.6 is 8.46 Å². The molecule has 0 saturated carbocycles. The molecule has 0 aliphatic carbocycles. The molecule has 0 aromatic rings. The van der Waals surface area contributed by atoms with E-state index in [0.29, 0.717) is 38.6 Å². The average Bonchev–Trinajstić information content (AvgIpc) is 2.34. The van der Waals surface area contributed by atoms with Crippen LogP contribution in [0.25, 0.3) is 0 Å². The molecule has 0 spiro atoms. The maximum absolute atomic E-state index is 11.2. The van der Waals surface area contributed by atoms with Gasteiger partial charge in [-0.25, -0.2) is 4.79 Å². The van der Waals surface area contributed by atoms with E-state index in [2.05, 4.69) is 22.5 Å². The zero-order valence-corrected chi connectivity index (χ0v) is 10.6. The molecule has 7 heteroatoms. The average molecular weight is 259 g/mol. The van der Waals surface area contributed by atoms with Crippen LogP contribution in [-0.2, 0) is 9.36 Å². The van der Waals surface area contributed by atoms with Gasteiger partial charge in [0, 0.05) is 25.8 Å². The van der Waals surface area contributed by atoms with Crippen molar-refractivity contribution in [2.24, 2.45) is 0 Å². The highest BCUT2D eigenvalue weighted by Crippen LogP contribution is 1.92. The summed E-state index contributed by atoms with van der Waals surface area (Å²) in [5.74, 6) is -0.216. The minimum atomic E-state index is -0.248. The van der Waals surface area contributed by atoms with Gasteiger partial charge in [0.1, 0.15) is 0 Å². The molecule has 0 radical (unpaired) electrons. The highest BCUT2D eigenvalue weighted by Gasteiger charge is 1.98. The fraction of sp³-hybridized carbons (Fsp3) is 0.600. The number of carbonyl (C=O) groups is 2. The van der Waals surface area contributed by atoms with Crippen LogP contribution in [0.1, 0.15) is 12.8 Å². The van der Waals surface area contributed by atoms with Gasteiger partial charge in [-0.1, -0.05) is 6.58 Å². The van der Waals surface area contributed by atoms with Crippen molar-refractivity contribution in [3.8, 4) is 0 Å². The Morgan fingerprint density at radius 1 is 1.06 bits per heavy atom. The fourth-order valence-corrected chi connectivity index (χ4v) is 1.27. The highest BCUT2D eigenvalue weighted by molar-refractivity contribution is 7.23. The number of hydrogen-bond donors (Lipinski definition) is 3. The molecule has 96 valence electrons. The molecule has 0 unspecified atom stereocenters. The van der Waals surface area contributed by atoms with Gasteiger partial charge in [0.05, 0.1) is 0 Å². The third-order valence-electron chi connectivity index (χ3n) is 1.84. The van der Waals surface area contributed by atoms with E-state index in [-0.39, 0.29) is 20.4 Å². The molecule has 0 aromatic carbocycles. The summed E-state index contributed by atoms with van der Waals surface area (Å²) in [7, 11) is 0.101. The topological polar surface area (TPSA) is 87.3 Å². The number of hydrogen-bond acceptors (Lipinski definition) is 3. The normalized spacial score (nSPS) is 9.65. The first-order valence-electron chi connectivity index (χ1n) is 5.41. The van der Waals surface area contributed by atoms with Gasteiger partial charge in [-0.3, -0.25) is 9.36 Å². The smallest absolute Gasteiger partial charge is 0.314 e. The Morgan fingerprint density at radius 3 is 2.24 bits per heavy atom. The van der Waals surface area contributed by atoms with Crippen LogP contribution in [0.5, 0.6) is 0 Å². The van der Waals surface area contributed by atoms with Crippen LogP contribution in [0.2, 0.25) is 0 Å². The molecular weight excluding hydrogens is 241 g/mol. The Morgan fingerprint density at radius 2 is 1.65 bits per heavy atom. The monoisotopic (exact) mass is 259 g/mol. The van der Waals surface area contributed by atoms with Crippen molar-refractivity contribution in [2.45, 2.75) is 12.8 Å². The van der Waals surface area contributed by atoms with E-state index in [1.54, 1.807) is 0 Å². The summed E-state index contributed by atoms with van der Waals surface area (Å²) >= 11 is 0. The standard InChI is InChI=1S/C10H18N3O3P/c1-2-9(14)11-5-3-6-12-10(15)13-7-4-8-17-16/h2H,1,3-8H2,(H,11,14)(H2,12,13,15). The van der Waals surface area contributed by atoms with Gasteiger partial charge < -0.3 is 16.0 Å². The lowest BCUT2D eigenvalue weighted by molar-refractivity contribution is -0.116. The lowest BCUT2D eigenvalue weighted by Gasteiger charge is -2.06. The Hall–Kier alpha value is -1.42. The van der Waals surface area contributed by atoms with Crippen molar-refractivity contribution in [1.29, 1.82) is 0 Å². The molecule has 0 aliphatic rings. The number of urea groups is 1. The summed E-state index contributed by atoms with van der Waals surface area (Å²) in [6.45, 7) is 4.82. The molecule has 0 aliphatic heterocycles. The molecule has 0 heterocycles. The molecule has 0 aromatic heterocycles. The molecule has 3 amide bonds. The molecule has 0 fully saturated rings. The maximum atomic E-state index is 11.2. The van der Waals surface area contributed by atoms with Crippen LogP contribution in [0.4, 0.5) is 4.79 Å². The van der Waals surface area contributed by atoms with Gasteiger partial charge in [-0.2, -0.15) is 0 Å². The van der Waals surface area contributed by atoms with Crippen LogP contribution < -0.4 is 16.0 Å². The Kier molecular flexibility index (Phi) is 10.2. The summed E-state index contributed by atoms with van der Waals surface area (Å²) in [6.07, 6.45) is 3.10. The van der Waals surface area contributed by atoms with E-state index >= 15 is 0 Å². The number of amides is 3. The lowest BCUT2D eigenvalue weighted by Crippen LogP contribution is -2.37. The van der Waals surface area contributed by atoms with E-state index < -0.39 is 0 Å². The second kappa shape index (κ2) is 11.1. The molecule has 0 atom stereocenters. The molecule has 0 bridgehead atoms. The van der Waals surface area contributed by atoms with Crippen molar-refractivity contribution in [2.75, 3.05) is 25.8 Å². The van der Waals surface area contributed by atoms with Crippen molar-refractivity contribution in [3.63, 3.8) is 0 Å². The third-order valence-corrected chi connectivity index (χ3v) is 2.33. The van der Waals surface area contributed by atoms with E-state index in [9.17, 15) is 14.2 Å². The second-order valence-corrected chi connectivity index (χ2v) is 3.94. The third kappa shape index (κ3) is 10.9. The number of rotatable bonds is 9. The van der Waals surface area contributed by atoms with Crippen molar-refractivity contribution in [1.82, 2.24) is 16.0 Å². The predicted octanol–water partition coefficient (Wildman–Crippen LogP) is 0.660. The summed E-state index contributed by atoms with van der Waals surface area (Å²) in [5, 5.41) is 7.88. The highest BCUT2D eigenvalue weighted by atomic mass is 31.1. The van der Waals surface area contributed by atoms with Gasteiger partial charge in [0.2, 0.25) is 5.91 Å². The minimum Gasteiger partial charge on any atom is -0.353 e. The molecule has 0 saturated heterocycles. The van der Waals surface area contributed by atoms with E-state index in [4.69, 9.17) is 0 Å². The zero-order valence-electron chi connectivity index (χ0n) is 9.70. The van der Waals surface area contributed by atoms with Crippen molar-refractivity contribution < 1.29 is 14.2 Å². The largest absolute Gasteiger partial charge is 0.353 e. The quantitative estimate of drug-likeness (QED) is 0.323. The minimum absolute atomic E-state index is 0.101. The van der Waals surface area contributed by atoms with Gasteiger partial charge >= 0.3 is 6.03 Å². The van der Waals surface area contributed by atoms with Crippen LogP contribution in [0, 0.1) is 0 Å². The summed E-state index contributed by atoms with van der Waals surface area (Å²) in [4.78, 5) is 21.9. The molecule has 3 N–H and O–H groups in total. The molecular formula is C10H18N3O3P. The van der Waals surface area contributed by atoms with Crippen LogP contribution in [0.3, 0.4) is 0 Å². The first-order chi connectivity index (χ1) is 8.20. The van der Waals surface area contributed by atoms with Gasteiger partial charge in [0.25, 0.3) is 0 Å². The van der Waals surface area contributed by atoms with Gasteiger partial charge in [0.15, 0.2) is 8.46 Å². The van der Waals surface area contributed by atoms with Gasteiger partial charge in [-0.05, 0) is 18.9 Å². The van der Waals surface area contributed by atoms with E-state index in [1.807, 2.05) is 0 Å². The molecule has 0 rings (SSSR count). The van der Waals surface area contributed by atoms with Crippen LogP contribution in [0.15, 0.2) is 12.7 Å². The molecule has 6 nitrogen and oxygen atoms in total. The summed E-state index contributed by atoms with van der Waals surface area (Å²) < 4.78 is 10.1. The summed E-state index contributed by atoms with van der Waals surface area (Å²) in [5.41, 5.74) is 0. The Balaban J connectivity index is 3.30. The lowest BCUT2D eigenvalue weighted by atomic mass is 10.4.